The second kappa shape index (κ2) is 3.94. The molecule has 4 nitrogen and oxygen atoms in total. The summed E-state index contributed by atoms with van der Waals surface area (Å²) in [5.74, 6) is -0.777. The monoisotopic (exact) mass is 253 g/mol. The molecule has 6 heteroatoms. The molecule has 1 amide bonds. The molecular weight excluding hydrogens is 238 g/mol. The fourth-order valence-corrected chi connectivity index (χ4v) is 2.47. The van der Waals surface area contributed by atoms with Gasteiger partial charge in [-0.2, -0.15) is 0 Å². The molecule has 0 aromatic heterocycles. The van der Waals surface area contributed by atoms with E-state index in [1.54, 1.807) is 0 Å². The van der Waals surface area contributed by atoms with E-state index < -0.39 is 15.6 Å². The highest BCUT2D eigenvalue weighted by molar-refractivity contribution is 7.91. The molecular formula is C9H16ClNO3S. The SMILES string of the molecule is CC1(C)CN(C(=O)CS(C)(=O)=O)CC1Cl. The van der Waals surface area contributed by atoms with Gasteiger partial charge in [-0.1, -0.05) is 13.8 Å². The number of hydrogen-bond donors (Lipinski definition) is 0. The zero-order valence-corrected chi connectivity index (χ0v) is 10.7. The fourth-order valence-electron chi connectivity index (χ4n) is 1.60. The number of amides is 1. The Kier molecular flexibility index (Phi) is 3.36. The van der Waals surface area contributed by atoms with Gasteiger partial charge in [0.15, 0.2) is 9.84 Å². The first kappa shape index (κ1) is 12.8. The van der Waals surface area contributed by atoms with Crippen molar-refractivity contribution in [3.05, 3.63) is 0 Å². The summed E-state index contributed by atoms with van der Waals surface area (Å²) in [5, 5.41) is -0.110. The topological polar surface area (TPSA) is 54.5 Å². The Morgan fingerprint density at radius 1 is 1.53 bits per heavy atom. The Morgan fingerprint density at radius 3 is 2.40 bits per heavy atom. The van der Waals surface area contributed by atoms with Crippen molar-refractivity contribution in [3.8, 4) is 0 Å². The average molecular weight is 254 g/mol. The highest BCUT2D eigenvalue weighted by Gasteiger charge is 2.40. The lowest BCUT2D eigenvalue weighted by molar-refractivity contribution is -0.127. The van der Waals surface area contributed by atoms with Gasteiger partial charge in [-0.05, 0) is 0 Å². The normalized spacial score (nSPS) is 25.6. The van der Waals surface area contributed by atoms with Crippen molar-refractivity contribution in [1.29, 1.82) is 0 Å². The van der Waals surface area contributed by atoms with Crippen LogP contribution in [0.5, 0.6) is 0 Å². The fraction of sp³-hybridized carbons (Fsp3) is 0.889. The number of likely N-dealkylation sites (tertiary alicyclic amines) is 1. The molecule has 1 fully saturated rings. The van der Waals surface area contributed by atoms with Gasteiger partial charge in [0.2, 0.25) is 5.91 Å². The average Bonchev–Trinajstić information content (AvgIpc) is 2.23. The summed E-state index contributed by atoms with van der Waals surface area (Å²) in [6, 6.07) is 0. The molecule has 0 aliphatic carbocycles. The largest absolute Gasteiger partial charge is 0.340 e. The van der Waals surface area contributed by atoms with Crippen molar-refractivity contribution in [2.75, 3.05) is 25.1 Å². The van der Waals surface area contributed by atoms with Gasteiger partial charge in [0.05, 0.1) is 5.38 Å². The first-order valence-electron chi connectivity index (χ1n) is 4.71. The lowest BCUT2D eigenvalue weighted by Crippen LogP contribution is -2.34. The molecule has 0 saturated carbocycles. The molecule has 1 unspecified atom stereocenters. The van der Waals surface area contributed by atoms with E-state index in [1.165, 1.54) is 4.90 Å². The van der Waals surface area contributed by atoms with Crippen molar-refractivity contribution >= 4 is 27.3 Å². The van der Waals surface area contributed by atoms with Crippen LogP contribution in [0.15, 0.2) is 0 Å². The van der Waals surface area contributed by atoms with Crippen LogP contribution in [-0.2, 0) is 14.6 Å². The molecule has 0 spiro atoms. The van der Waals surface area contributed by atoms with Crippen molar-refractivity contribution in [2.45, 2.75) is 19.2 Å². The highest BCUT2D eigenvalue weighted by Crippen LogP contribution is 2.33. The summed E-state index contributed by atoms with van der Waals surface area (Å²) in [6.45, 7) is 4.90. The van der Waals surface area contributed by atoms with Crippen LogP contribution >= 0.6 is 11.6 Å². The van der Waals surface area contributed by atoms with Gasteiger partial charge >= 0.3 is 0 Å². The molecule has 1 heterocycles. The molecule has 0 aromatic rings. The molecule has 1 saturated heterocycles. The first-order chi connectivity index (χ1) is 6.62. The van der Waals surface area contributed by atoms with Gasteiger partial charge < -0.3 is 4.90 Å². The van der Waals surface area contributed by atoms with Crippen LogP contribution in [0, 0.1) is 5.41 Å². The Labute approximate surface area is 95.5 Å². The summed E-state index contributed by atoms with van der Waals surface area (Å²) >= 11 is 6.07. The number of alkyl halides is 1. The lowest BCUT2D eigenvalue weighted by atomic mass is 9.92. The number of sulfone groups is 1. The lowest BCUT2D eigenvalue weighted by Gasteiger charge is -2.20. The van der Waals surface area contributed by atoms with Crippen LogP contribution in [-0.4, -0.2) is 49.7 Å². The maximum atomic E-state index is 11.6. The van der Waals surface area contributed by atoms with Crippen molar-refractivity contribution in [1.82, 2.24) is 4.90 Å². The zero-order valence-electron chi connectivity index (χ0n) is 9.16. The summed E-state index contributed by atoms with van der Waals surface area (Å²) < 4.78 is 21.9. The van der Waals surface area contributed by atoms with E-state index >= 15 is 0 Å². The second-order valence-corrected chi connectivity index (χ2v) is 7.47. The van der Waals surface area contributed by atoms with Gasteiger partial charge in [0.1, 0.15) is 5.75 Å². The summed E-state index contributed by atoms with van der Waals surface area (Å²) in [6.07, 6.45) is 1.06. The number of hydrogen-bond acceptors (Lipinski definition) is 3. The van der Waals surface area contributed by atoms with E-state index in [2.05, 4.69) is 0 Å². The molecule has 88 valence electrons. The van der Waals surface area contributed by atoms with Gasteiger partial charge in [-0.15, -0.1) is 11.6 Å². The Bertz CT molecular complexity index is 364. The van der Waals surface area contributed by atoms with E-state index in [-0.39, 0.29) is 16.7 Å². The maximum absolute atomic E-state index is 11.6. The minimum Gasteiger partial charge on any atom is -0.340 e. The van der Waals surface area contributed by atoms with Crippen LogP contribution in [0.25, 0.3) is 0 Å². The predicted molar refractivity (Wildman–Crippen MR) is 59.7 cm³/mol. The summed E-state index contributed by atoms with van der Waals surface area (Å²) in [7, 11) is -3.25. The van der Waals surface area contributed by atoms with Gasteiger partial charge in [-0.25, -0.2) is 8.42 Å². The Hall–Kier alpha value is -0.290. The van der Waals surface area contributed by atoms with E-state index in [1.807, 2.05) is 13.8 Å². The van der Waals surface area contributed by atoms with E-state index in [0.29, 0.717) is 13.1 Å². The summed E-state index contributed by atoms with van der Waals surface area (Å²) in [5.41, 5.74) is -0.144. The van der Waals surface area contributed by atoms with Gasteiger partial charge in [0.25, 0.3) is 0 Å². The van der Waals surface area contributed by atoms with E-state index in [4.69, 9.17) is 11.6 Å². The smallest absolute Gasteiger partial charge is 0.237 e. The first-order valence-corrected chi connectivity index (χ1v) is 7.21. The van der Waals surface area contributed by atoms with Crippen LogP contribution in [0.2, 0.25) is 0 Å². The third kappa shape index (κ3) is 3.34. The number of halogens is 1. The minimum absolute atomic E-state index is 0.110. The van der Waals surface area contributed by atoms with Crippen LogP contribution in [0.1, 0.15) is 13.8 Å². The summed E-state index contributed by atoms with van der Waals surface area (Å²) in [4.78, 5) is 13.1. The molecule has 1 aliphatic heterocycles. The number of carbonyl (C=O) groups is 1. The molecule has 1 atom stereocenters. The third-order valence-electron chi connectivity index (χ3n) is 2.57. The number of rotatable bonds is 2. The van der Waals surface area contributed by atoms with Crippen molar-refractivity contribution < 1.29 is 13.2 Å². The van der Waals surface area contributed by atoms with Crippen molar-refractivity contribution in [2.24, 2.45) is 5.41 Å². The minimum atomic E-state index is -3.25. The van der Waals surface area contributed by atoms with Gasteiger partial charge in [0, 0.05) is 24.8 Å². The van der Waals surface area contributed by atoms with Crippen molar-refractivity contribution in [3.63, 3.8) is 0 Å². The molecule has 15 heavy (non-hydrogen) atoms. The van der Waals surface area contributed by atoms with Gasteiger partial charge in [-0.3, -0.25) is 4.79 Å². The predicted octanol–water partition coefficient (Wildman–Crippen LogP) is 0.507. The third-order valence-corrected chi connectivity index (χ3v) is 4.07. The quantitative estimate of drug-likeness (QED) is 0.674. The van der Waals surface area contributed by atoms with Crippen LogP contribution in [0.4, 0.5) is 0 Å². The maximum Gasteiger partial charge on any atom is 0.237 e. The second-order valence-electron chi connectivity index (χ2n) is 4.80. The molecule has 0 N–H and O–H groups in total. The Morgan fingerprint density at radius 2 is 2.07 bits per heavy atom. The number of carbonyl (C=O) groups excluding carboxylic acids is 1. The van der Waals surface area contributed by atoms with E-state index in [0.717, 1.165) is 6.26 Å². The van der Waals surface area contributed by atoms with Crippen LogP contribution < -0.4 is 0 Å². The molecule has 1 rings (SSSR count). The zero-order chi connectivity index (χ0) is 11.9. The molecule has 0 aromatic carbocycles. The standard InChI is InChI=1S/C9H16ClNO3S/c1-9(2)6-11(4-7(9)10)8(12)5-15(3,13)14/h7H,4-6H2,1-3H3. The molecule has 0 radical (unpaired) electrons. The molecule has 0 bridgehead atoms. The van der Waals surface area contributed by atoms with Crippen LogP contribution in [0.3, 0.4) is 0 Å². The Balaban J connectivity index is 2.66. The molecule has 1 aliphatic rings. The van der Waals surface area contributed by atoms with E-state index in [9.17, 15) is 13.2 Å². The number of nitrogens with zero attached hydrogens (tertiary/aromatic N) is 1. The highest BCUT2D eigenvalue weighted by atomic mass is 35.5.